The standard InChI is InChI=1S/C21H30N4O4/c26-18(27)14-21(29)7-12-25(13-8-21)20(28)24-10-5-15(6-11-24)17-4-3-16-2-1-9-22-19(16)23-17/h3-4,15,29H,1-2,5-14H2,(H,22,23)(H,26,27). The van der Waals surface area contributed by atoms with E-state index in [2.05, 4.69) is 17.4 Å². The maximum Gasteiger partial charge on any atom is 0.320 e. The van der Waals surface area contributed by atoms with Crippen molar-refractivity contribution in [2.45, 2.75) is 56.5 Å². The smallest absolute Gasteiger partial charge is 0.320 e. The molecule has 29 heavy (non-hydrogen) atoms. The predicted octanol–water partition coefficient (Wildman–Crippen LogP) is 2.04. The van der Waals surface area contributed by atoms with Gasteiger partial charge in [-0.05, 0) is 50.2 Å². The molecule has 0 bridgehead atoms. The Balaban J connectivity index is 1.30. The number of piperidine rings is 2. The Hall–Kier alpha value is -2.35. The van der Waals surface area contributed by atoms with Crippen LogP contribution in [-0.4, -0.2) is 75.3 Å². The molecule has 4 heterocycles. The Morgan fingerprint density at radius 3 is 2.52 bits per heavy atom. The lowest BCUT2D eigenvalue weighted by atomic mass is 9.88. The molecule has 0 unspecified atom stereocenters. The largest absolute Gasteiger partial charge is 0.481 e. The van der Waals surface area contributed by atoms with E-state index in [1.54, 1.807) is 4.90 Å². The Morgan fingerprint density at radius 1 is 1.14 bits per heavy atom. The van der Waals surface area contributed by atoms with E-state index in [-0.39, 0.29) is 12.5 Å². The van der Waals surface area contributed by atoms with Crippen molar-refractivity contribution < 1.29 is 19.8 Å². The highest BCUT2D eigenvalue weighted by molar-refractivity contribution is 5.75. The molecular formula is C21H30N4O4. The number of aromatic nitrogens is 1. The number of aliphatic carboxylic acids is 1. The van der Waals surface area contributed by atoms with Gasteiger partial charge >= 0.3 is 12.0 Å². The zero-order valence-electron chi connectivity index (χ0n) is 16.8. The van der Waals surface area contributed by atoms with Gasteiger partial charge in [0.05, 0.1) is 12.0 Å². The summed E-state index contributed by atoms with van der Waals surface area (Å²) in [5.74, 6) is 0.393. The van der Waals surface area contributed by atoms with E-state index in [1.807, 2.05) is 4.90 Å². The van der Waals surface area contributed by atoms with Gasteiger partial charge in [-0.15, -0.1) is 0 Å². The van der Waals surface area contributed by atoms with Crippen molar-refractivity contribution >= 4 is 17.8 Å². The number of carboxylic acid groups (broad SMARTS) is 1. The molecule has 158 valence electrons. The number of carbonyl (C=O) groups excluding carboxylic acids is 1. The summed E-state index contributed by atoms with van der Waals surface area (Å²) in [6, 6.07) is 4.33. The number of aliphatic hydroxyl groups is 1. The van der Waals surface area contributed by atoms with Crippen molar-refractivity contribution in [3.63, 3.8) is 0 Å². The highest BCUT2D eigenvalue weighted by Gasteiger charge is 2.37. The van der Waals surface area contributed by atoms with Crippen molar-refractivity contribution in [3.8, 4) is 0 Å². The molecule has 4 rings (SSSR count). The minimum atomic E-state index is -1.19. The van der Waals surface area contributed by atoms with Crippen LogP contribution < -0.4 is 5.32 Å². The zero-order valence-corrected chi connectivity index (χ0v) is 16.8. The Kier molecular flexibility index (Phi) is 5.63. The molecule has 3 aliphatic rings. The second-order valence-electron chi connectivity index (χ2n) is 8.60. The lowest BCUT2D eigenvalue weighted by molar-refractivity contribution is -0.144. The number of nitrogens with zero attached hydrogens (tertiary/aromatic N) is 3. The molecule has 1 aromatic rings. The van der Waals surface area contributed by atoms with Crippen molar-refractivity contribution in [1.29, 1.82) is 0 Å². The molecule has 8 heteroatoms. The Bertz CT molecular complexity index is 768. The van der Waals surface area contributed by atoms with Gasteiger partial charge in [0.25, 0.3) is 0 Å². The van der Waals surface area contributed by atoms with Crippen LogP contribution in [0.3, 0.4) is 0 Å². The SMILES string of the molecule is O=C(O)CC1(O)CCN(C(=O)N2CCC(c3ccc4c(n3)NCCC4)CC2)CC1. The fourth-order valence-corrected chi connectivity index (χ4v) is 4.71. The third-order valence-corrected chi connectivity index (χ3v) is 6.54. The van der Waals surface area contributed by atoms with Crippen LogP contribution >= 0.6 is 0 Å². The molecule has 0 spiro atoms. The van der Waals surface area contributed by atoms with Crippen LogP contribution in [0.2, 0.25) is 0 Å². The third-order valence-electron chi connectivity index (χ3n) is 6.54. The minimum absolute atomic E-state index is 0.000826. The molecule has 0 radical (unpaired) electrons. The van der Waals surface area contributed by atoms with E-state index in [1.165, 1.54) is 5.56 Å². The van der Waals surface area contributed by atoms with Gasteiger partial charge in [0.1, 0.15) is 5.82 Å². The van der Waals surface area contributed by atoms with Gasteiger partial charge < -0.3 is 25.3 Å². The van der Waals surface area contributed by atoms with Crippen LogP contribution in [0.25, 0.3) is 0 Å². The van der Waals surface area contributed by atoms with E-state index in [0.29, 0.717) is 44.9 Å². The van der Waals surface area contributed by atoms with Crippen LogP contribution in [-0.2, 0) is 11.2 Å². The van der Waals surface area contributed by atoms with E-state index in [9.17, 15) is 14.7 Å². The Labute approximate surface area is 170 Å². The van der Waals surface area contributed by atoms with Gasteiger partial charge in [-0.2, -0.15) is 0 Å². The van der Waals surface area contributed by atoms with Crippen molar-refractivity contribution in [2.75, 3.05) is 38.0 Å². The summed E-state index contributed by atoms with van der Waals surface area (Å²) in [7, 11) is 0. The van der Waals surface area contributed by atoms with Gasteiger partial charge in [0.15, 0.2) is 0 Å². The molecule has 8 nitrogen and oxygen atoms in total. The second-order valence-corrected chi connectivity index (χ2v) is 8.60. The number of anilines is 1. The number of hydrogen-bond donors (Lipinski definition) is 3. The van der Waals surface area contributed by atoms with Crippen LogP contribution in [0.15, 0.2) is 12.1 Å². The lowest BCUT2D eigenvalue weighted by Gasteiger charge is -2.41. The molecule has 0 saturated carbocycles. The highest BCUT2D eigenvalue weighted by Crippen LogP contribution is 2.31. The summed E-state index contributed by atoms with van der Waals surface area (Å²) in [5, 5.41) is 22.7. The normalized spacial score (nSPS) is 22.0. The van der Waals surface area contributed by atoms with Gasteiger partial charge in [0, 0.05) is 44.3 Å². The monoisotopic (exact) mass is 402 g/mol. The number of aryl methyl sites for hydroxylation is 1. The summed E-state index contributed by atoms with van der Waals surface area (Å²) < 4.78 is 0. The second kappa shape index (κ2) is 8.18. The van der Waals surface area contributed by atoms with Gasteiger partial charge in [-0.1, -0.05) is 6.07 Å². The van der Waals surface area contributed by atoms with E-state index in [4.69, 9.17) is 10.1 Å². The average Bonchev–Trinajstić information content (AvgIpc) is 2.73. The van der Waals surface area contributed by atoms with E-state index in [0.717, 1.165) is 43.7 Å². The molecule has 3 aliphatic heterocycles. The van der Waals surface area contributed by atoms with Crippen LogP contribution in [0, 0.1) is 0 Å². The number of pyridine rings is 1. The topological polar surface area (TPSA) is 106 Å². The van der Waals surface area contributed by atoms with E-state index >= 15 is 0 Å². The first-order valence-electron chi connectivity index (χ1n) is 10.7. The number of amides is 2. The number of carboxylic acids is 1. The molecule has 2 fully saturated rings. The maximum absolute atomic E-state index is 12.8. The molecular weight excluding hydrogens is 372 g/mol. The van der Waals surface area contributed by atoms with Crippen LogP contribution in [0.1, 0.15) is 55.7 Å². The van der Waals surface area contributed by atoms with Gasteiger partial charge in [-0.3, -0.25) is 4.79 Å². The van der Waals surface area contributed by atoms with Gasteiger partial charge in [0.2, 0.25) is 0 Å². The molecule has 1 aromatic heterocycles. The maximum atomic E-state index is 12.8. The fourth-order valence-electron chi connectivity index (χ4n) is 4.71. The van der Waals surface area contributed by atoms with Crippen molar-refractivity contribution in [1.82, 2.24) is 14.8 Å². The quantitative estimate of drug-likeness (QED) is 0.714. The van der Waals surface area contributed by atoms with Gasteiger partial charge in [-0.25, -0.2) is 9.78 Å². The fraction of sp³-hybridized carbons (Fsp3) is 0.667. The number of carbonyl (C=O) groups is 2. The summed E-state index contributed by atoms with van der Waals surface area (Å²) >= 11 is 0. The number of hydrogen-bond acceptors (Lipinski definition) is 5. The molecule has 0 atom stereocenters. The number of likely N-dealkylation sites (tertiary alicyclic amines) is 2. The molecule has 2 saturated heterocycles. The lowest BCUT2D eigenvalue weighted by Crippen LogP contribution is -2.52. The average molecular weight is 402 g/mol. The molecule has 0 aliphatic carbocycles. The first kappa shape index (κ1) is 19.9. The summed E-state index contributed by atoms with van der Waals surface area (Å²) in [4.78, 5) is 32.2. The molecule has 3 N–H and O–H groups in total. The number of urea groups is 1. The predicted molar refractivity (Wildman–Crippen MR) is 108 cm³/mol. The summed E-state index contributed by atoms with van der Waals surface area (Å²) in [6.07, 6.45) is 4.39. The third kappa shape index (κ3) is 4.47. The minimum Gasteiger partial charge on any atom is -0.481 e. The van der Waals surface area contributed by atoms with E-state index < -0.39 is 11.6 Å². The number of rotatable bonds is 3. The van der Waals surface area contributed by atoms with Crippen LogP contribution in [0.4, 0.5) is 10.6 Å². The number of fused-ring (bicyclic) bond motifs is 1. The first-order chi connectivity index (χ1) is 13.9. The van der Waals surface area contributed by atoms with Crippen molar-refractivity contribution in [2.24, 2.45) is 0 Å². The Morgan fingerprint density at radius 2 is 1.83 bits per heavy atom. The molecule has 2 amide bonds. The number of nitrogens with one attached hydrogen (secondary N) is 1. The first-order valence-corrected chi connectivity index (χ1v) is 10.7. The van der Waals surface area contributed by atoms with Crippen molar-refractivity contribution in [3.05, 3.63) is 23.4 Å². The summed E-state index contributed by atoms with van der Waals surface area (Å²) in [5.41, 5.74) is 1.21. The zero-order chi connectivity index (χ0) is 20.4. The summed E-state index contributed by atoms with van der Waals surface area (Å²) in [6.45, 7) is 3.19. The highest BCUT2D eigenvalue weighted by atomic mass is 16.4. The molecule has 0 aromatic carbocycles. The van der Waals surface area contributed by atoms with Crippen LogP contribution in [0.5, 0.6) is 0 Å².